The number of nitrogens with one attached hydrogen (secondary N) is 2. The molecule has 0 aliphatic carbocycles. The average molecular weight is 220 g/mol. The van der Waals surface area contributed by atoms with Crippen LogP contribution in [-0.4, -0.2) is 23.6 Å². The Bertz CT molecular complexity index is 398. The van der Waals surface area contributed by atoms with Crippen LogP contribution in [0.4, 0.5) is 5.69 Å². The number of phenolic OH excluding ortho intramolecular Hbond substituents is 1. The van der Waals surface area contributed by atoms with Crippen LogP contribution in [0.15, 0.2) is 18.2 Å². The number of rotatable bonds is 2. The Morgan fingerprint density at radius 2 is 2.38 bits per heavy atom. The van der Waals surface area contributed by atoms with Gasteiger partial charge in [0.2, 0.25) is 5.91 Å². The van der Waals surface area contributed by atoms with Crippen LogP contribution >= 0.6 is 0 Å². The first-order valence-electron chi connectivity index (χ1n) is 5.50. The van der Waals surface area contributed by atoms with Crippen LogP contribution in [0, 0.1) is 6.92 Å². The topological polar surface area (TPSA) is 61.4 Å². The predicted octanol–water partition coefficient (Wildman–Crippen LogP) is 1.39. The number of anilines is 1. The number of amides is 1. The van der Waals surface area contributed by atoms with E-state index in [4.69, 9.17) is 0 Å². The quantitative estimate of drug-likeness (QED) is 0.660. The lowest BCUT2D eigenvalue weighted by atomic mass is 10.2. The Morgan fingerprint density at radius 1 is 1.56 bits per heavy atom. The van der Waals surface area contributed by atoms with E-state index >= 15 is 0 Å². The Hall–Kier alpha value is -1.55. The van der Waals surface area contributed by atoms with Crippen molar-refractivity contribution in [3.05, 3.63) is 23.8 Å². The van der Waals surface area contributed by atoms with Gasteiger partial charge in [-0.15, -0.1) is 0 Å². The molecule has 86 valence electrons. The smallest absolute Gasteiger partial charge is 0.241 e. The molecular formula is C12H16N2O2. The highest BCUT2D eigenvalue weighted by molar-refractivity contribution is 5.96. The fourth-order valence-electron chi connectivity index (χ4n) is 1.88. The number of hydrogen-bond donors (Lipinski definition) is 3. The van der Waals surface area contributed by atoms with Crippen molar-refractivity contribution >= 4 is 11.6 Å². The zero-order chi connectivity index (χ0) is 11.5. The van der Waals surface area contributed by atoms with E-state index in [0.717, 1.165) is 24.9 Å². The van der Waals surface area contributed by atoms with E-state index < -0.39 is 0 Å². The summed E-state index contributed by atoms with van der Waals surface area (Å²) in [5.41, 5.74) is 1.44. The molecule has 1 heterocycles. The van der Waals surface area contributed by atoms with E-state index in [2.05, 4.69) is 10.6 Å². The van der Waals surface area contributed by atoms with Gasteiger partial charge in [0.1, 0.15) is 5.75 Å². The van der Waals surface area contributed by atoms with E-state index in [9.17, 15) is 9.90 Å². The number of carbonyl (C=O) groups is 1. The Labute approximate surface area is 94.7 Å². The molecule has 3 N–H and O–H groups in total. The standard InChI is InChI=1S/C12H16N2O2/c1-8-4-5-9(11(15)7-8)14-12(16)10-3-2-6-13-10/h4-5,7,10,13,15H,2-3,6H2,1H3,(H,14,16). The van der Waals surface area contributed by atoms with Gasteiger partial charge < -0.3 is 15.7 Å². The summed E-state index contributed by atoms with van der Waals surface area (Å²) in [6.45, 7) is 2.78. The van der Waals surface area contributed by atoms with Gasteiger partial charge in [-0.3, -0.25) is 4.79 Å². The summed E-state index contributed by atoms with van der Waals surface area (Å²) >= 11 is 0. The highest BCUT2D eigenvalue weighted by Crippen LogP contribution is 2.24. The SMILES string of the molecule is Cc1ccc(NC(=O)C2CCCN2)c(O)c1. The van der Waals surface area contributed by atoms with Crippen LogP contribution in [0.2, 0.25) is 0 Å². The Kier molecular flexibility index (Phi) is 3.10. The largest absolute Gasteiger partial charge is 0.506 e. The van der Waals surface area contributed by atoms with Crippen LogP contribution in [0.3, 0.4) is 0 Å². The minimum atomic E-state index is -0.124. The summed E-state index contributed by atoms with van der Waals surface area (Å²) in [5, 5.41) is 15.5. The molecule has 1 aromatic carbocycles. The summed E-state index contributed by atoms with van der Waals surface area (Å²) in [7, 11) is 0. The lowest BCUT2D eigenvalue weighted by Gasteiger charge is -2.12. The van der Waals surface area contributed by atoms with E-state index in [-0.39, 0.29) is 17.7 Å². The van der Waals surface area contributed by atoms with Gasteiger partial charge >= 0.3 is 0 Å². The fourth-order valence-corrected chi connectivity index (χ4v) is 1.88. The minimum absolute atomic E-state index is 0.0725. The number of benzene rings is 1. The highest BCUT2D eigenvalue weighted by atomic mass is 16.3. The van der Waals surface area contributed by atoms with Gasteiger partial charge in [-0.1, -0.05) is 6.07 Å². The van der Waals surface area contributed by atoms with E-state index in [1.54, 1.807) is 12.1 Å². The van der Waals surface area contributed by atoms with E-state index in [0.29, 0.717) is 5.69 Å². The summed E-state index contributed by atoms with van der Waals surface area (Å²) in [4.78, 5) is 11.8. The maximum atomic E-state index is 11.8. The maximum absolute atomic E-state index is 11.8. The third-order valence-electron chi connectivity index (χ3n) is 2.79. The van der Waals surface area contributed by atoms with E-state index in [1.807, 2.05) is 13.0 Å². The number of hydrogen-bond acceptors (Lipinski definition) is 3. The lowest BCUT2D eigenvalue weighted by molar-refractivity contribution is -0.117. The van der Waals surface area contributed by atoms with Crippen molar-refractivity contribution in [1.29, 1.82) is 0 Å². The van der Waals surface area contributed by atoms with Gasteiger partial charge in [-0.2, -0.15) is 0 Å². The van der Waals surface area contributed by atoms with Gasteiger partial charge in [0.15, 0.2) is 0 Å². The molecule has 0 spiro atoms. The second kappa shape index (κ2) is 4.53. The van der Waals surface area contributed by atoms with Gasteiger partial charge in [0, 0.05) is 0 Å². The highest BCUT2D eigenvalue weighted by Gasteiger charge is 2.22. The molecule has 1 atom stereocenters. The number of aryl methyl sites for hydroxylation is 1. The molecule has 1 fully saturated rings. The monoisotopic (exact) mass is 220 g/mol. The van der Waals surface area contributed by atoms with Crippen LogP contribution in [0.5, 0.6) is 5.75 Å². The number of phenols is 1. The summed E-state index contributed by atoms with van der Waals surface area (Å²) in [6.07, 6.45) is 1.89. The molecule has 0 bridgehead atoms. The third kappa shape index (κ3) is 2.33. The first-order valence-corrected chi connectivity index (χ1v) is 5.50. The molecule has 4 nitrogen and oxygen atoms in total. The van der Waals surface area contributed by atoms with Gasteiger partial charge in [-0.05, 0) is 44.0 Å². The molecule has 1 aliphatic heterocycles. The molecular weight excluding hydrogens is 204 g/mol. The summed E-state index contributed by atoms with van der Waals surface area (Å²) in [6, 6.07) is 5.09. The summed E-state index contributed by atoms with van der Waals surface area (Å²) < 4.78 is 0. The Balaban J connectivity index is 2.05. The van der Waals surface area contributed by atoms with Crippen molar-refractivity contribution in [3.8, 4) is 5.75 Å². The number of aromatic hydroxyl groups is 1. The molecule has 0 saturated carbocycles. The normalized spacial score (nSPS) is 19.7. The van der Waals surface area contributed by atoms with Crippen molar-refractivity contribution in [2.45, 2.75) is 25.8 Å². The van der Waals surface area contributed by atoms with Crippen LogP contribution < -0.4 is 10.6 Å². The van der Waals surface area contributed by atoms with E-state index in [1.165, 1.54) is 0 Å². The molecule has 0 aromatic heterocycles. The van der Waals surface area contributed by atoms with Gasteiger partial charge in [0.25, 0.3) is 0 Å². The average Bonchev–Trinajstić information content (AvgIpc) is 2.75. The molecule has 1 unspecified atom stereocenters. The fraction of sp³-hybridized carbons (Fsp3) is 0.417. The van der Waals surface area contributed by atoms with Gasteiger partial charge in [0.05, 0.1) is 11.7 Å². The predicted molar refractivity (Wildman–Crippen MR) is 62.5 cm³/mol. The maximum Gasteiger partial charge on any atom is 0.241 e. The molecule has 4 heteroatoms. The molecule has 1 aliphatic rings. The van der Waals surface area contributed by atoms with Crippen molar-refractivity contribution < 1.29 is 9.90 Å². The minimum Gasteiger partial charge on any atom is -0.506 e. The molecule has 1 aromatic rings. The molecule has 1 saturated heterocycles. The zero-order valence-electron chi connectivity index (χ0n) is 9.29. The van der Waals surface area contributed by atoms with Gasteiger partial charge in [-0.25, -0.2) is 0 Å². The van der Waals surface area contributed by atoms with Crippen LogP contribution in [-0.2, 0) is 4.79 Å². The lowest BCUT2D eigenvalue weighted by Crippen LogP contribution is -2.35. The second-order valence-electron chi connectivity index (χ2n) is 4.16. The van der Waals surface area contributed by atoms with Crippen molar-refractivity contribution in [3.63, 3.8) is 0 Å². The first-order chi connectivity index (χ1) is 7.66. The third-order valence-corrected chi connectivity index (χ3v) is 2.79. The zero-order valence-corrected chi connectivity index (χ0v) is 9.29. The first kappa shape index (κ1) is 11.0. The Morgan fingerprint density at radius 3 is 3.00 bits per heavy atom. The molecule has 1 amide bonds. The molecule has 0 radical (unpaired) electrons. The number of carbonyl (C=O) groups excluding carboxylic acids is 1. The van der Waals surface area contributed by atoms with Crippen molar-refractivity contribution in [2.24, 2.45) is 0 Å². The molecule has 16 heavy (non-hydrogen) atoms. The summed E-state index contributed by atoms with van der Waals surface area (Å²) in [5.74, 6) is 0.0444. The second-order valence-corrected chi connectivity index (χ2v) is 4.16. The van der Waals surface area contributed by atoms with Crippen molar-refractivity contribution in [2.75, 3.05) is 11.9 Å². The van der Waals surface area contributed by atoms with Crippen molar-refractivity contribution in [1.82, 2.24) is 5.32 Å². The van der Waals surface area contributed by atoms with Crippen LogP contribution in [0.1, 0.15) is 18.4 Å². The molecule has 2 rings (SSSR count). The van der Waals surface area contributed by atoms with Crippen LogP contribution in [0.25, 0.3) is 0 Å².